The number of piperidine rings is 1. The van der Waals surface area contributed by atoms with E-state index in [0.717, 1.165) is 45.3 Å². The fourth-order valence-corrected chi connectivity index (χ4v) is 3.39. The van der Waals surface area contributed by atoms with Crippen LogP contribution >= 0.6 is 0 Å². The normalized spacial score (nSPS) is 21.3. The minimum Gasteiger partial charge on any atom is -0.396 e. The molecule has 2 N–H and O–H groups in total. The Morgan fingerprint density at radius 1 is 1.05 bits per heavy atom. The van der Waals surface area contributed by atoms with Gasteiger partial charge in [0.1, 0.15) is 0 Å². The van der Waals surface area contributed by atoms with Crippen LogP contribution in [0.2, 0.25) is 0 Å². The lowest BCUT2D eigenvalue weighted by molar-refractivity contribution is -0.133. The third-order valence-electron chi connectivity index (χ3n) is 4.83. The van der Waals surface area contributed by atoms with E-state index in [1.807, 2.05) is 4.90 Å². The summed E-state index contributed by atoms with van der Waals surface area (Å²) in [4.78, 5) is 25.6. The maximum Gasteiger partial charge on any atom is 0.224 e. The Balaban J connectivity index is 1.64. The summed E-state index contributed by atoms with van der Waals surface area (Å²) in [6.45, 7) is 2.18. The molecule has 0 aromatic heterocycles. The summed E-state index contributed by atoms with van der Waals surface area (Å²) in [6, 6.07) is 0. The van der Waals surface area contributed by atoms with Crippen LogP contribution in [-0.4, -0.2) is 48.1 Å². The number of carbonyl (C=O) groups excluding carboxylic acids is 2. The molecule has 1 aliphatic carbocycles. The van der Waals surface area contributed by atoms with E-state index >= 15 is 0 Å². The molecule has 1 saturated carbocycles. The minimum absolute atomic E-state index is 0.0437. The Morgan fingerprint density at radius 3 is 2.33 bits per heavy atom. The molecule has 0 spiro atoms. The van der Waals surface area contributed by atoms with E-state index in [1.54, 1.807) is 0 Å². The number of nitrogens with zero attached hydrogens (tertiary/aromatic N) is 1. The molecule has 120 valence electrons. The van der Waals surface area contributed by atoms with Crippen molar-refractivity contribution in [2.24, 2.45) is 11.8 Å². The SMILES string of the molecule is O=C(NCC1CCN(C(=O)CCO)CC1)C1CCCCC1. The van der Waals surface area contributed by atoms with Gasteiger partial charge in [0, 0.05) is 32.0 Å². The molecule has 0 aromatic rings. The van der Waals surface area contributed by atoms with Crippen molar-refractivity contribution in [1.29, 1.82) is 0 Å². The summed E-state index contributed by atoms with van der Waals surface area (Å²) in [6.07, 6.45) is 7.84. The van der Waals surface area contributed by atoms with E-state index in [1.165, 1.54) is 19.3 Å². The topological polar surface area (TPSA) is 69.6 Å². The quantitative estimate of drug-likeness (QED) is 0.803. The first-order valence-electron chi connectivity index (χ1n) is 8.37. The molecule has 2 fully saturated rings. The number of carbonyl (C=O) groups is 2. The van der Waals surface area contributed by atoms with Crippen molar-refractivity contribution in [2.75, 3.05) is 26.2 Å². The van der Waals surface area contributed by atoms with Gasteiger partial charge >= 0.3 is 0 Å². The predicted octanol–water partition coefficient (Wildman–Crippen LogP) is 1.30. The molecule has 0 radical (unpaired) electrons. The van der Waals surface area contributed by atoms with E-state index in [2.05, 4.69) is 5.32 Å². The second kappa shape index (κ2) is 8.37. The first-order valence-corrected chi connectivity index (χ1v) is 8.37. The molecule has 0 unspecified atom stereocenters. The molecular weight excluding hydrogens is 268 g/mol. The lowest BCUT2D eigenvalue weighted by Gasteiger charge is -2.32. The number of hydrogen-bond donors (Lipinski definition) is 2. The van der Waals surface area contributed by atoms with Crippen LogP contribution < -0.4 is 5.32 Å². The fourth-order valence-electron chi connectivity index (χ4n) is 3.39. The standard InChI is InChI=1S/C16H28N2O3/c19-11-8-15(20)18-9-6-13(7-10-18)12-17-16(21)14-4-2-1-3-5-14/h13-14,19H,1-12H2,(H,17,21). The zero-order valence-electron chi connectivity index (χ0n) is 12.9. The van der Waals surface area contributed by atoms with Gasteiger partial charge in [0.05, 0.1) is 6.61 Å². The fraction of sp³-hybridized carbons (Fsp3) is 0.875. The average molecular weight is 296 g/mol. The van der Waals surface area contributed by atoms with Crippen LogP contribution in [0.4, 0.5) is 0 Å². The number of nitrogens with one attached hydrogen (secondary N) is 1. The first-order chi connectivity index (χ1) is 10.2. The summed E-state index contributed by atoms with van der Waals surface area (Å²) in [5.41, 5.74) is 0. The van der Waals surface area contributed by atoms with E-state index in [9.17, 15) is 9.59 Å². The maximum atomic E-state index is 12.1. The van der Waals surface area contributed by atoms with Gasteiger partial charge < -0.3 is 15.3 Å². The van der Waals surface area contributed by atoms with Gasteiger partial charge in [-0.25, -0.2) is 0 Å². The van der Waals surface area contributed by atoms with E-state index in [-0.39, 0.29) is 30.8 Å². The Hall–Kier alpha value is -1.10. The molecule has 2 rings (SSSR count). The summed E-state index contributed by atoms with van der Waals surface area (Å²) in [5, 5.41) is 11.9. The van der Waals surface area contributed by atoms with Crippen LogP contribution in [0.25, 0.3) is 0 Å². The Morgan fingerprint density at radius 2 is 1.71 bits per heavy atom. The van der Waals surface area contributed by atoms with Crippen LogP contribution in [0.5, 0.6) is 0 Å². The maximum absolute atomic E-state index is 12.1. The minimum atomic E-state index is -0.0732. The van der Waals surface area contributed by atoms with E-state index in [0.29, 0.717) is 5.92 Å². The highest BCUT2D eigenvalue weighted by molar-refractivity contribution is 5.78. The molecule has 0 aromatic carbocycles. The molecule has 2 aliphatic rings. The van der Waals surface area contributed by atoms with Crippen molar-refractivity contribution >= 4 is 11.8 Å². The average Bonchev–Trinajstić information content (AvgIpc) is 2.54. The zero-order chi connectivity index (χ0) is 15.1. The van der Waals surface area contributed by atoms with Gasteiger partial charge in [0.2, 0.25) is 11.8 Å². The molecule has 1 heterocycles. The van der Waals surface area contributed by atoms with Crippen molar-refractivity contribution in [3.8, 4) is 0 Å². The third kappa shape index (κ3) is 4.99. The number of rotatable bonds is 5. The second-order valence-corrected chi connectivity index (χ2v) is 6.38. The van der Waals surface area contributed by atoms with Crippen LogP contribution in [0.15, 0.2) is 0 Å². The molecule has 5 heteroatoms. The van der Waals surface area contributed by atoms with Gasteiger partial charge in [-0.3, -0.25) is 9.59 Å². The largest absolute Gasteiger partial charge is 0.396 e. The molecule has 1 saturated heterocycles. The molecular formula is C16H28N2O3. The van der Waals surface area contributed by atoms with E-state index < -0.39 is 0 Å². The Bertz CT molecular complexity index is 345. The number of aliphatic hydroxyl groups excluding tert-OH is 1. The summed E-state index contributed by atoms with van der Waals surface area (Å²) >= 11 is 0. The monoisotopic (exact) mass is 296 g/mol. The molecule has 5 nitrogen and oxygen atoms in total. The number of likely N-dealkylation sites (tertiary alicyclic amines) is 1. The first kappa shape index (κ1) is 16.3. The van der Waals surface area contributed by atoms with Gasteiger partial charge in [-0.15, -0.1) is 0 Å². The van der Waals surface area contributed by atoms with Gasteiger partial charge in [-0.05, 0) is 31.6 Å². The highest BCUT2D eigenvalue weighted by atomic mass is 16.3. The lowest BCUT2D eigenvalue weighted by Crippen LogP contribution is -2.42. The Kier molecular flexibility index (Phi) is 6.49. The summed E-state index contributed by atoms with van der Waals surface area (Å²) in [7, 11) is 0. The molecule has 0 bridgehead atoms. The number of amides is 2. The van der Waals surface area contributed by atoms with Gasteiger partial charge in [-0.2, -0.15) is 0 Å². The highest BCUT2D eigenvalue weighted by Gasteiger charge is 2.25. The second-order valence-electron chi connectivity index (χ2n) is 6.38. The van der Waals surface area contributed by atoms with Crippen molar-refractivity contribution < 1.29 is 14.7 Å². The van der Waals surface area contributed by atoms with Gasteiger partial charge in [0.25, 0.3) is 0 Å². The highest BCUT2D eigenvalue weighted by Crippen LogP contribution is 2.24. The molecule has 2 amide bonds. The zero-order valence-corrected chi connectivity index (χ0v) is 12.9. The smallest absolute Gasteiger partial charge is 0.224 e. The van der Waals surface area contributed by atoms with Gasteiger partial charge in [0.15, 0.2) is 0 Å². The third-order valence-corrected chi connectivity index (χ3v) is 4.83. The van der Waals surface area contributed by atoms with Crippen molar-refractivity contribution in [3.05, 3.63) is 0 Å². The van der Waals surface area contributed by atoms with Crippen LogP contribution in [0.3, 0.4) is 0 Å². The lowest BCUT2D eigenvalue weighted by atomic mass is 9.88. The predicted molar refractivity (Wildman–Crippen MR) is 80.6 cm³/mol. The number of aliphatic hydroxyl groups is 1. The van der Waals surface area contributed by atoms with Crippen molar-refractivity contribution in [1.82, 2.24) is 10.2 Å². The van der Waals surface area contributed by atoms with Gasteiger partial charge in [-0.1, -0.05) is 19.3 Å². The molecule has 21 heavy (non-hydrogen) atoms. The summed E-state index contributed by atoms with van der Waals surface area (Å²) in [5.74, 6) is 0.983. The van der Waals surface area contributed by atoms with Crippen molar-refractivity contribution in [2.45, 2.75) is 51.4 Å². The van der Waals surface area contributed by atoms with E-state index in [4.69, 9.17) is 5.11 Å². The Labute approximate surface area is 127 Å². The van der Waals surface area contributed by atoms with Crippen LogP contribution in [-0.2, 0) is 9.59 Å². The van der Waals surface area contributed by atoms with Crippen LogP contribution in [0, 0.1) is 11.8 Å². The summed E-state index contributed by atoms with van der Waals surface area (Å²) < 4.78 is 0. The van der Waals surface area contributed by atoms with Crippen molar-refractivity contribution in [3.63, 3.8) is 0 Å². The van der Waals surface area contributed by atoms with Crippen LogP contribution in [0.1, 0.15) is 51.4 Å². The molecule has 1 aliphatic heterocycles. The molecule has 0 atom stereocenters. The number of hydrogen-bond acceptors (Lipinski definition) is 3.